The Kier molecular flexibility index (Phi) is 16.0. The quantitative estimate of drug-likeness (QED) is 0.221. The fourth-order valence-electron chi connectivity index (χ4n) is 0.678. The Balaban J connectivity index is -0.000000300. The molecule has 3 atom stereocenters. The Morgan fingerprint density at radius 1 is 0.720 bits per heavy atom. The lowest BCUT2D eigenvalue weighted by atomic mass is 10.2. The number of carbonyl (C=O) groups is 5. The lowest BCUT2D eigenvalue weighted by Crippen LogP contribution is -2.32. The largest absolute Gasteiger partial charge is 0.481 e. The van der Waals surface area contributed by atoms with Gasteiger partial charge >= 0.3 is 29.8 Å². The first kappa shape index (κ1) is 27.1. The zero-order valence-electron chi connectivity index (χ0n) is 13.4. The Morgan fingerprint density at radius 3 is 1.24 bits per heavy atom. The highest BCUT2D eigenvalue weighted by atomic mass is 16.4. The number of hydrogen-bond acceptors (Lipinski definition) is 8. The molecule has 0 aromatic carbocycles. The average molecular weight is 369 g/mol. The third-order valence-electron chi connectivity index (χ3n) is 2.09. The molecule has 0 aromatic rings. The first-order valence-electron chi connectivity index (χ1n) is 6.61. The topological polar surface area (TPSA) is 265 Å². The van der Waals surface area contributed by atoms with Gasteiger partial charge in [-0.3, -0.25) is 24.0 Å². The van der Waals surface area contributed by atoms with E-state index >= 15 is 0 Å². The van der Waals surface area contributed by atoms with Crippen LogP contribution in [0.4, 0.5) is 0 Å². The molecule has 0 rings (SSSR count). The van der Waals surface area contributed by atoms with Crippen LogP contribution in [0.3, 0.4) is 0 Å². The van der Waals surface area contributed by atoms with Crippen LogP contribution in [0.25, 0.3) is 0 Å². The molecule has 0 radical (unpaired) electrons. The van der Waals surface area contributed by atoms with Crippen molar-refractivity contribution in [2.24, 2.45) is 17.2 Å². The summed E-state index contributed by atoms with van der Waals surface area (Å²) in [4.78, 5) is 49.1. The normalized spacial score (nSPS) is 12.8. The maximum Gasteiger partial charge on any atom is 0.321 e. The van der Waals surface area contributed by atoms with E-state index in [0.29, 0.717) is 0 Å². The molecule has 0 aromatic heterocycles. The molecule has 25 heavy (non-hydrogen) atoms. The van der Waals surface area contributed by atoms with E-state index in [1.165, 1.54) is 6.92 Å². The molecular weight excluding hydrogens is 346 g/mol. The summed E-state index contributed by atoms with van der Waals surface area (Å²) < 4.78 is 0. The van der Waals surface area contributed by atoms with Crippen molar-refractivity contribution in [3.05, 3.63) is 0 Å². The highest BCUT2D eigenvalue weighted by Gasteiger charge is 2.14. The number of carboxylic acids is 5. The van der Waals surface area contributed by atoms with Crippen LogP contribution in [0.1, 0.15) is 26.2 Å². The average Bonchev–Trinajstić information content (AvgIpc) is 2.44. The van der Waals surface area contributed by atoms with E-state index in [-0.39, 0.29) is 12.8 Å². The fraction of sp³-hybridized carbons (Fsp3) is 0.583. The second kappa shape index (κ2) is 14.8. The van der Waals surface area contributed by atoms with Crippen molar-refractivity contribution in [1.29, 1.82) is 0 Å². The molecule has 13 nitrogen and oxygen atoms in total. The van der Waals surface area contributed by atoms with Crippen molar-refractivity contribution in [2.75, 3.05) is 0 Å². The van der Waals surface area contributed by atoms with E-state index in [0.717, 1.165) is 0 Å². The highest BCUT2D eigenvalue weighted by Crippen LogP contribution is 1.93. The molecule has 0 aliphatic rings. The Hall–Kier alpha value is -2.77. The van der Waals surface area contributed by atoms with Gasteiger partial charge in [-0.2, -0.15) is 0 Å². The van der Waals surface area contributed by atoms with Gasteiger partial charge in [0.25, 0.3) is 0 Å². The smallest absolute Gasteiger partial charge is 0.321 e. The van der Waals surface area contributed by atoms with Gasteiger partial charge in [-0.15, -0.1) is 0 Å². The molecule has 11 N–H and O–H groups in total. The Morgan fingerprint density at radius 2 is 1.08 bits per heavy atom. The van der Waals surface area contributed by atoms with Crippen LogP contribution < -0.4 is 17.2 Å². The highest BCUT2D eigenvalue weighted by molar-refractivity contribution is 5.80. The van der Waals surface area contributed by atoms with Crippen LogP contribution >= 0.6 is 0 Å². The van der Waals surface area contributed by atoms with Gasteiger partial charge in [-0.05, 0) is 13.3 Å². The summed E-state index contributed by atoms with van der Waals surface area (Å²) in [6.45, 7) is 1.42. The molecule has 0 bridgehead atoms. The first-order chi connectivity index (χ1) is 11.2. The molecule has 0 saturated carbocycles. The third kappa shape index (κ3) is 23.6. The second-order valence-corrected chi connectivity index (χ2v) is 4.55. The van der Waals surface area contributed by atoms with Crippen LogP contribution in [0.2, 0.25) is 0 Å². The molecular formula is C12H23N3O10. The predicted octanol–water partition coefficient (Wildman–Crippen LogP) is -2.45. The molecule has 0 aliphatic carbocycles. The van der Waals surface area contributed by atoms with Crippen LogP contribution in [0.5, 0.6) is 0 Å². The van der Waals surface area contributed by atoms with Crippen molar-refractivity contribution >= 4 is 29.8 Å². The number of carboxylic acid groups (broad SMARTS) is 5. The zero-order valence-corrected chi connectivity index (χ0v) is 13.4. The fourth-order valence-corrected chi connectivity index (χ4v) is 0.678. The summed E-state index contributed by atoms with van der Waals surface area (Å²) in [5.74, 6) is -5.66. The maximum absolute atomic E-state index is 9.99. The number of rotatable bonds is 8. The minimum atomic E-state index is -1.29. The van der Waals surface area contributed by atoms with Gasteiger partial charge in [-0.25, -0.2) is 0 Å². The molecule has 0 saturated heterocycles. The molecule has 0 amide bonds. The summed E-state index contributed by atoms with van der Waals surface area (Å²) in [6.07, 6.45) is -0.756. The summed E-state index contributed by atoms with van der Waals surface area (Å²) in [7, 11) is 0. The van der Waals surface area contributed by atoms with E-state index in [2.05, 4.69) is 0 Å². The van der Waals surface area contributed by atoms with Gasteiger partial charge in [0.2, 0.25) is 0 Å². The standard InChI is InChI=1S/C5H9NO4.C4H7NO4.C3H7NO2/c6-3(5(9)10)1-2-4(7)8;5-2(4(8)9)1-3(6)7;1-2(4)3(5)6/h3H,1-2,6H2,(H,7,8)(H,9,10);2H,1,5H2,(H,6,7)(H,8,9);2H,4H2,1H3,(H,5,6)/t3-;2*2-/m000/s1. The molecule has 0 fully saturated rings. The molecule has 13 heteroatoms. The number of hydrogen-bond donors (Lipinski definition) is 8. The van der Waals surface area contributed by atoms with Crippen molar-refractivity contribution < 1.29 is 49.5 Å². The van der Waals surface area contributed by atoms with E-state index < -0.39 is 54.4 Å². The molecule has 0 unspecified atom stereocenters. The predicted molar refractivity (Wildman–Crippen MR) is 81.6 cm³/mol. The molecule has 0 heterocycles. The van der Waals surface area contributed by atoms with Crippen LogP contribution in [-0.4, -0.2) is 73.5 Å². The Bertz CT molecular complexity index is 466. The minimum absolute atomic E-state index is 0.0231. The molecule has 0 spiro atoms. The van der Waals surface area contributed by atoms with Gasteiger partial charge in [0.1, 0.15) is 18.1 Å². The summed E-state index contributed by atoms with van der Waals surface area (Å²) in [5, 5.41) is 40.2. The van der Waals surface area contributed by atoms with Crippen molar-refractivity contribution in [3.8, 4) is 0 Å². The lowest BCUT2D eigenvalue weighted by molar-refractivity contribution is -0.144. The van der Waals surface area contributed by atoms with Gasteiger partial charge in [0.05, 0.1) is 6.42 Å². The SMILES string of the molecule is C[C@H](N)C(=O)O.N[C@@H](CC(=O)O)C(=O)O.N[C@@H](CCC(=O)O)C(=O)O. The van der Waals surface area contributed by atoms with Gasteiger partial charge in [0.15, 0.2) is 0 Å². The maximum atomic E-state index is 9.99. The van der Waals surface area contributed by atoms with Crippen LogP contribution in [0.15, 0.2) is 0 Å². The van der Waals surface area contributed by atoms with Gasteiger partial charge in [0, 0.05) is 6.42 Å². The summed E-state index contributed by atoms with van der Waals surface area (Å²) in [6, 6.07) is -3.08. The number of aliphatic carboxylic acids is 5. The van der Waals surface area contributed by atoms with Crippen molar-refractivity contribution in [1.82, 2.24) is 0 Å². The zero-order chi connectivity index (χ0) is 20.7. The molecule has 146 valence electrons. The Labute approximate surface area is 142 Å². The minimum Gasteiger partial charge on any atom is -0.481 e. The van der Waals surface area contributed by atoms with E-state index in [9.17, 15) is 24.0 Å². The van der Waals surface area contributed by atoms with Crippen molar-refractivity contribution in [2.45, 2.75) is 44.3 Å². The van der Waals surface area contributed by atoms with E-state index in [4.69, 9.17) is 42.7 Å². The summed E-state index contributed by atoms with van der Waals surface area (Å²) in [5.41, 5.74) is 14.7. The van der Waals surface area contributed by atoms with Crippen molar-refractivity contribution in [3.63, 3.8) is 0 Å². The summed E-state index contributed by atoms with van der Waals surface area (Å²) >= 11 is 0. The first-order valence-corrected chi connectivity index (χ1v) is 6.61. The monoisotopic (exact) mass is 369 g/mol. The van der Waals surface area contributed by atoms with Crippen LogP contribution in [-0.2, 0) is 24.0 Å². The van der Waals surface area contributed by atoms with Gasteiger partial charge < -0.3 is 42.7 Å². The van der Waals surface area contributed by atoms with Crippen LogP contribution in [0, 0.1) is 0 Å². The third-order valence-corrected chi connectivity index (χ3v) is 2.09. The number of nitrogens with two attached hydrogens (primary N) is 3. The second-order valence-electron chi connectivity index (χ2n) is 4.55. The van der Waals surface area contributed by atoms with Gasteiger partial charge in [-0.1, -0.05) is 0 Å². The molecule has 0 aliphatic heterocycles. The lowest BCUT2D eigenvalue weighted by Gasteiger charge is -2.01. The van der Waals surface area contributed by atoms with E-state index in [1.54, 1.807) is 0 Å². The van der Waals surface area contributed by atoms with E-state index in [1.807, 2.05) is 0 Å².